The molecule has 0 radical (unpaired) electrons. The molecule has 0 spiro atoms. The van der Waals surface area contributed by atoms with Gasteiger partial charge >= 0.3 is 0 Å². The fourth-order valence-corrected chi connectivity index (χ4v) is 2.50. The summed E-state index contributed by atoms with van der Waals surface area (Å²) in [6, 6.07) is 5.31. The molecule has 100 valence electrons. The lowest BCUT2D eigenvalue weighted by atomic mass is 10.0. The van der Waals surface area contributed by atoms with Gasteiger partial charge in [-0.2, -0.15) is 0 Å². The van der Waals surface area contributed by atoms with Gasteiger partial charge < -0.3 is 5.32 Å². The Balaban J connectivity index is 2.62. The van der Waals surface area contributed by atoms with E-state index in [0.717, 1.165) is 17.3 Å². The first kappa shape index (κ1) is 15.8. The zero-order valence-electron chi connectivity index (χ0n) is 10.2. The molecule has 0 bridgehead atoms. The number of alkyl halides is 1. The zero-order valence-corrected chi connectivity index (χ0v) is 13.3. The summed E-state index contributed by atoms with van der Waals surface area (Å²) in [6.07, 6.45) is 1.91. The first-order chi connectivity index (χ1) is 8.60. The van der Waals surface area contributed by atoms with Crippen LogP contribution in [0.3, 0.4) is 0 Å². The molecule has 1 amide bonds. The summed E-state index contributed by atoms with van der Waals surface area (Å²) >= 11 is 15.1. The standard InChI is InChI=1S/C13H16BrCl2NO/c1-2-9(6-7-15)8-17-13(18)10-4-3-5-11(14)12(10)16/h3-5,9H,2,6-8H2,1H3,(H,17,18). The van der Waals surface area contributed by atoms with Gasteiger partial charge in [-0.1, -0.05) is 31.0 Å². The molecule has 1 aromatic rings. The highest BCUT2D eigenvalue weighted by Crippen LogP contribution is 2.25. The van der Waals surface area contributed by atoms with Gasteiger partial charge in [0.25, 0.3) is 5.91 Å². The first-order valence-corrected chi connectivity index (χ1v) is 7.58. The summed E-state index contributed by atoms with van der Waals surface area (Å²) in [6.45, 7) is 2.72. The van der Waals surface area contributed by atoms with Crippen LogP contribution in [-0.2, 0) is 0 Å². The number of rotatable bonds is 6. The number of hydrogen-bond acceptors (Lipinski definition) is 1. The summed E-state index contributed by atoms with van der Waals surface area (Å²) < 4.78 is 0.726. The molecule has 0 aliphatic rings. The van der Waals surface area contributed by atoms with Gasteiger partial charge in [0, 0.05) is 16.9 Å². The maximum atomic E-state index is 12.0. The number of hydrogen-bond donors (Lipinski definition) is 1. The Bertz CT molecular complexity index is 412. The van der Waals surface area contributed by atoms with Crippen LogP contribution in [0.15, 0.2) is 22.7 Å². The maximum Gasteiger partial charge on any atom is 0.252 e. The van der Waals surface area contributed by atoms with Gasteiger partial charge in [-0.15, -0.1) is 11.6 Å². The van der Waals surface area contributed by atoms with E-state index in [2.05, 4.69) is 28.2 Å². The summed E-state index contributed by atoms with van der Waals surface area (Å²) in [5, 5.41) is 3.34. The Morgan fingerprint density at radius 3 is 2.83 bits per heavy atom. The minimum Gasteiger partial charge on any atom is -0.352 e. The van der Waals surface area contributed by atoms with Gasteiger partial charge in [0.1, 0.15) is 0 Å². The second-order valence-electron chi connectivity index (χ2n) is 4.06. The Morgan fingerprint density at radius 1 is 1.50 bits per heavy atom. The van der Waals surface area contributed by atoms with E-state index >= 15 is 0 Å². The van der Waals surface area contributed by atoms with E-state index in [9.17, 15) is 4.79 Å². The lowest BCUT2D eigenvalue weighted by Crippen LogP contribution is -2.29. The topological polar surface area (TPSA) is 29.1 Å². The average Bonchev–Trinajstić information content (AvgIpc) is 2.37. The molecule has 1 N–H and O–H groups in total. The van der Waals surface area contributed by atoms with Gasteiger partial charge in [0.05, 0.1) is 10.6 Å². The number of benzene rings is 1. The van der Waals surface area contributed by atoms with E-state index in [1.165, 1.54) is 0 Å². The van der Waals surface area contributed by atoms with E-state index in [0.29, 0.717) is 28.9 Å². The monoisotopic (exact) mass is 351 g/mol. The van der Waals surface area contributed by atoms with Gasteiger partial charge in [0.15, 0.2) is 0 Å². The molecule has 2 nitrogen and oxygen atoms in total. The van der Waals surface area contributed by atoms with Crippen molar-refractivity contribution in [3.8, 4) is 0 Å². The van der Waals surface area contributed by atoms with Crippen LogP contribution < -0.4 is 5.32 Å². The first-order valence-electron chi connectivity index (χ1n) is 5.88. The van der Waals surface area contributed by atoms with Crippen molar-refractivity contribution in [3.63, 3.8) is 0 Å². The van der Waals surface area contributed by atoms with Crippen LogP contribution in [-0.4, -0.2) is 18.3 Å². The van der Waals surface area contributed by atoms with Crippen molar-refractivity contribution in [1.82, 2.24) is 5.32 Å². The van der Waals surface area contributed by atoms with E-state index in [1.807, 2.05) is 6.07 Å². The highest BCUT2D eigenvalue weighted by Gasteiger charge is 2.13. The number of amides is 1. The summed E-state index contributed by atoms with van der Waals surface area (Å²) in [5.74, 6) is 0.887. The highest BCUT2D eigenvalue weighted by molar-refractivity contribution is 9.10. The molecule has 5 heteroatoms. The molecule has 0 saturated carbocycles. The molecule has 0 aromatic heterocycles. The highest BCUT2D eigenvalue weighted by atomic mass is 79.9. The Labute approximate surface area is 126 Å². The molecule has 1 rings (SSSR count). The van der Waals surface area contributed by atoms with Crippen LogP contribution in [0, 0.1) is 5.92 Å². The molecule has 0 heterocycles. The fourth-order valence-electron chi connectivity index (χ4n) is 1.62. The average molecular weight is 353 g/mol. The molecule has 0 aliphatic heterocycles. The van der Waals surface area contributed by atoms with Crippen LogP contribution in [0.2, 0.25) is 5.02 Å². The smallest absolute Gasteiger partial charge is 0.252 e. The van der Waals surface area contributed by atoms with Gasteiger partial charge in [-0.3, -0.25) is 4.79 Å². The number of halogens is 3. The molecule has 0 saturated heterocycles. The summed E-state index contributed by atoms with van der Waals surface area (Å²) in [4.78, 5) is 12.0. The SMILES string of the molecule is CCC(CCCl)CNC(=O)c1cccc(Br)c1Cl. The van der Waals surface area contributed by atoms with Crippen molar-refractivity contribution < 1.29 is 4.79 Å². The molecule has 1 unspecified atom stereocenters. The van der Waals surface area contributed by atoms with Crippen LogP contribution >= 0.6 is 39.1 Å². The second kappa shape index (κ2) is 8.03. The molecule has 0 aliphatic carbocycles. The third-order valence-electron chi connectivity index (χ3n) is 2.84. The number of nitrogens with one attached hydrogen (secondary N) is 1. The maximum absolute atomic E-state index is 12.0. The van der Waals surface area contributed by atoms with Gasteiger partial charge in [0.2, 0.25) is 0 Å². The van der Waals surface area contributed by atoms with Crippen molar-refractivity contribution >= 4 is 45.0 Å². The van der Waals surface area contributed by atoms with Gasteiger partial charge in [-0.25, -0.2) is 0 Å². The summed E-state index contributed by atoms with van der Waals surface area (Å²) in [7, 11) is 0. The Morgan fingerprint density at radius 2 is 2.22 bits per heavy atom. The zero-order chi connectivity index (χ0) is 13.5. The van der Waals surface area contributed by atoms with Crippen molar-refractivity contribution in [2.24, 2.45) is 5.92 Å². The van der Waals surface area contributed by atoms with Crippen molar-refractivity contribution in [2.75, 3.05) is 12.4 Å². The predicted octanol–water partition coefficient (Wildman–Crippen LogP) is 4.49. The van der Waals surface area contributed by atoms with Crippen LogP contribution in [0.25, 0.3) is 0 Å². The number of carbonyl (C=O) groups is 1. The van der Waals surface area contributed by atoms with Crippen molar-refractivity contribution in [1.29, 1.82) is 0 Å². The third kappa shape index (κ3) is 4.45. The normalized spacial score (nSPS) is 12.2. The van der Waals surface area contributed by atoms with Gasteiger partial charge in [-0.05, 0) is 40.4 Å². The Kier molecular flexibility index (Phi) is 7.05. The lowest BCUT2D eigenvalue weighted by Gasteiger charge is -2.14. The van der Waals surface area contributed by atoms with E-state index in [4.69, 9.17) is 23.2 Å². The van der Waals surface area contributed by atoms with E-state index in [-0.39, 0.29) is 5.91 Å². The fraction of sp³-hybridized carbons (Fsp3) is 0.462. The molecular weight excluding hydrogens is 337 g/mol. The second-order valence-corrected chi connectivity index (χ2v) is 5.67. The van der Waals surface area contributed by atoms with E-state index < -0.39 is 0 Å². The van der Waals surface area contributed by atoms with Crippen molar-refractivity contribution in [3.05, 3.63) is 33.3 Å². The van der Waals surface area contributed by atoms with Crippen molar-refractivity contribution in [2.45, 2.75) is 19.8 Å². The van der Waals surface area contributed by atoms with Crippen LogP contribution in [0.5, 0.6) is 0 Å². The van der Waals surface area contributed by atoms with Crippen LogP contribution in [0.4, 0.5) is 0 Å². The van der Waals surface area contributed by atoms with E-state index in [1.54, 1.807) is 12.1 Å². The minimum atomic E-state index is -0.144. The minimum absolute atomic E-state index is 0.144. The molecule has 18 heavy (non-hydrogen) atoms. The number of carbonyl (C=O) groups excluding carboxylic acids is 1. The predicted molar refractivity (Wildman–Crippen MR) is 80.6 cm³/mol. The molecule has 1 aromatic carbocycles. The third-order valence-corrected chi connectivity index (χ3v) is 4.36. The molecule has 0 fully saturated rings. The summed E-state index contributed by atoms with van der Waals surface area (Å²) in [5.41, 5.74) is 0.492. The van der Waals surface area contributed by atoms with Crippen LogP contribution in [0.1, 0.15) is 30.1 Å². The molecule has 1 atom stereocenters. The molecular formula is C13H16BrCl2NO. The quantitative estimate of drug-likeness (QED) is 0.751. The largest absolute Gasteiger partial charge is 0.352 e. The lowest BCUT2D eigenvalue weighted by molar-refractivity contribution is 0.0946. The Hall–Kier alpha value is -0.250.